The summed E-state index contributed by atoms with van der Waals surface area (Å²) < 4.78 is 13.4. The van der Waals surface area contributed by atoms with Crippen molar-refractivity contribution in [3.63, 3.8) is 0 Å². The summed E-state index contributed by atoms with van der Waals surface area (Å²) in [7, 11) is 0. The van der Waals surface area contributed by atoms with E-state index in [4.69, 9.17) is 9.47 Å². The van der Waals surface area contributed by atoms with Gasteiger partial charge >= 0.3 is 6.09 Å². The largest absolute Gasteiger partial charge is 0.445 e. The highest BCUT2D eigenvalue weighted by Gasteiger charge is 2.42. The minimum Gasteiger partial charge on any atom is -0.445 e. The van der Waals surface area contributed by atoms with Crippen molar-refractivity contribution in [2.75, 3.05) is 13.1 Å². The molecule has 0 bridgehead atoms. The molecule has 0 aliphatic carbocycles. The van der Waals surface area contributed by atoms with E-state index >= 15 is 0 Å². The highest BCUT2D eigenvalue weighted by Crippen LogP contribution is 2.34. The molecule has 5 rings (SSSR count). The second-order valence-corrected chi connectivity index (χ2v) is 7.06. The van der Waals surface area contributed by atoms with Crippen LogP contribution in [-0.2, 0) is 22.7 Å². The lowest BCUT2D eigenvalue weighted by atomic mass is 10.1. The summed E-state index contributed by atoms with van der Waals surface area (Å²) in [4.78, 5) is 14.2. The number of aromatic nitrogens is 3. The van der Waals surface area contributed by atoms with E-state index in [1.54, 1.807) is 4.90 Å². The van der Waals surface area contributed by atoms with Crippen LogP contribution in [0.15, 0.2) is 60.7 Å². The maximum Gasteiger partial charge on any atom is 0.410 e. The van der Waals surface area contributed by atoms with Crippen LogP contribution in [0.5, 0.6) is 0 Å². The van der Waals surface area contributed by atoms with Gasteiger partial charge in [-0.05, 0) is 5.56 Å². The van der Waals surface area contributed by atoms with Gasteiger partial charge in [-0.1, -0.05) is 65.9 Å². The van der Waals surface area contributed by atoms with Crippen molar-refractivity contribution >= 4 is 6.09 Å². The molecule has 0 saturated carbocycles. The quantitative estimate of drug-likeness (QED) is 0.703. The molecule has 7 nitrogen and oxygen atoms in total. The summed E-state index contributed by atoms with van der Waals surface area (Å²) in [5, 5.41) is 8.74. The van der Waals surface area contributed by atoms with Gasteiger partial charge in [0.1, 0.15) is 12.3 Å². The maximum atomic E-state index is 12.5. The molecule has 2 aliphatic rings. The van der Waals surface area contributed by atoms with Gasteiger partial charge in [-0.25, -0.2) is 9.48 Å². The Kier molecular flexibility index (Phi) is 4.29. The van der Waals surface area contributed by atoms with Crippen LogP contribution in [0.3, 0.4) is 0 Å². The van der Waals surface area contributed by atoms with Crippen LogP contribution in [0.4, 0.5) is 4.79 Å². The molecule has 2 aliphatic heterocycles. The van der Waals surface area contributed by atoms with Crippen LogP contribution < -0.4 is 0 Å². The molecule has 142 valence electrons. The van der Waals surface area contributed by atoms with E-state index in [9.17, 15) is 4.79 Å². The molecule has 3 heterocycles. The fraction of sp³-hybridized carbons (Fsp3) is 0.286. The van der Waals surface area contributed by atoms with Gasteiger partial charge in [0, 0.05) is 12.1 Å². The summed E-state index contributed by atoms with van der Waals surface area (Å²) in [6.07, 6.45) is -0.422. The summed E-state index contributed by atoms with van der Waals surface area (Å²) in [5.74, 6) is 0. The second kappa shape index (κ2) is 7.09. The average molecular weight is 376 g/mol. The molecule has 1 aromatic heterocycles. The number of carbonyl (C=O) groups excluding carboxylic acids is 1. The number of ether oxygens (including phenoxy) is 2. The van der Waals surface area contributed by atoms with Gasteiger partial charge in [0.25, 0.3) is 0 Å². The number of hydrogen-bond donors (Lipinski definition) is 0. The molecule has 0 N–H and O–H groups in total. The molecule has 28 heavy (non-hydrogen) atoms. The Morgan fingerprint density at radius 3 is 2.61 bits per heavy atom. The predicted molar refractivity (Wildman–Crippen MR) is 101 cm³/mol. The van der Waals surface area contributed by atoms with Gasteiger partial charge in [0.2, 0.25) is 0 Å². The lowest BCUT2D eigenvalue weighted by Crippen LogP contribution is -2.32. The van der Waals surface area contributed by atoms with Crippen molar-refractivity contribution in [3.8, 4) is 11.3 Å². The molecule has 2 atom stereocenters. The number of likely N-dealkylation sites (tertiary alicyclic amines) is 1. The maximum absolute atomic E-state index is 12.5. The highest BCUT2D eigenvalue weighted by atomic mass is 16.6. The molecule has 7 heteroatoms. The molecule has 0 radical (unpaired) electrons. The van der Waals surface area contributed by atoms with Crippen molar-refractivity contribution in [2.24, 2.45) is 0 Å². The van der Waals surface area contributed by atoms with Crippen molar-refractivity contribution in [1.29, 1.82) is 0 Å². The molecular weight excluding hydrogens is 356 g/mol. The zero-order valence-corrected chi connectivity index (χ0v) is 15.3. The Morgan fingerprint density at radius 2 is 1.82 bits per heavy atom. The number of amides is 1. The Balaban J connectivity index is 1.30. The van der Waals surface area contributed by atoms with E-state index in [1.807, 2.05) is 65.3 Å². The smallest absolute Gasteiger partial charge is 0.410 e. The summed E-state index contributed by atoms with van der Waals surface area (Å²) in [5.41, 5.74) is 3.77. The van der Waals surface area contributed by atoms with Crippen LogP contribution in [-0.4, -0.2) is 45.2 Å². The third-order valence-electron chi connectivity index (χ3n) is 5.29. The molecule has 1 amide bonds. The third kappa shape index (κ3) is 3.03. The third-order valence-corrected chi connectivity index (χ3v) is 5.29. The number of rotatable bonds is 3. The van der Waals surface area contributed by atoms with Crippen molar-refractivity contribution < 1.29 is 14.3 Å². The van der Waals surface area contributed by atoms with Gasteiger partial charge in [-0.3, -0.25) is 0 Å². The first kappa shape index (κ1) is 16.9. The zero-order chi connectivity index (χ0) is 18.9. The number of hydrogen-bond acceptors (Lipinski definition) is 5. The normalized spacial score (nSPS) is 20.5. The first-order valence-electron chi connectivity index (χ1n) is 9.36. The molecule has 3 aromatic rings. The summed E-state index contributed by atoms with van der Waals surface area (Å²) >= 11 is 0. The van der Waals surface area contributed by atoms with E-state index in [0.29, 0.717) is 19.7 Å². The van der Waals surface area contributed by atoms with Crippen LogP contribution in [0.2, 0.25) is 0 Å². The van der Waals surface area contributed by atoms with E-state index in [0.717, 1.165) is 22.5 Å². The van der Waals surface area contributed by atoms with E-state index in [-0.39, 0.29) is 24.8 Å². The molecule has 1 saturated heterocycles. The van der Waals surface area contributed by atoms with Crippen molar-refractivity contribution in [3.05, 3.63) is 71.9 Å². The van der Waals surface area contributed by atoms with Gasteiger partial charge in [-0.2, -0.15) is 0 Å². The van der Waals surface area contributed by atoms with Crippen molar-refractivity contribution in [1.82, 2.24) is 19.9 Å². The molecule has 0 spiro atoms. The van der Waals surface area contributed by atoms with Gasteiger partial charge in [0.15, 0.2) is 0 Å². The number of fused-ring (bicyclic) bond motifs is 3. The predicted octanol–water partition coefficient (Wildman–Crippen LogP) is 3.04. The number of nitrogens with zero attached hydrogens (tertiary/aromatic N) is 4. The summed E-state index contributed by atoms with van der Waals surface area (Å²) in [6, 6.07) is 19.6. The zero-order valence-electron chi connectivity index (χ0n) is 15.3. The summed E-state index contributed by atoms with van der Waals surface area (Å²) in [6.45, 7) is 1.70. The van der Waals surface area contributed by atoms with E-state index < -0.39 is 0 Å². The number of benzene rings is 2. The van der Waals surface area contributed by atoms with E-state index in [2.05, 4.69) is 10.3 Å². The molecule has 1 fully saturated rings. The van der Waals surface area contributed by atoms with Gasteiger partial charge < -0.3 is 14.4 Å². The van der Waals surface area contributed by atoms with Gasteiger partial charge in [-0.15, -0.1) is 5.10 Å². The Morgan fingerprint density at radius 1 is 1.07 bits per heavy atom. The average Bonchev–Trinajstić information content (AvgIpc) is 3.37. The Hall–Kier alpha value is -3.19. The topological polar surface area (TPSA) is 69.5 Å². The first-order chi connectivity index (χ1) is 13.8. The van der Waals surface area contributed by atoms with E-state index in [1.165, 1.54) is 0 Å². The lowest BCUT2D eigenvalue weighted by Gasteiger charge is -2.26. The van der Waals surface area contributed by atoms with Crippen molar-refractivity contribution in [2.45, 2.75) is 25.4 Å². The molecule has 2 aromatic carbocycles. The fourth-order valence-corrected chi connectivity index (χ4v) is 3.84. The number of carbonyl (C=O) groups is 1. The Bertz CT molecular complexity index is 974. The standard InChI is InChI=1S/C21H20N4O3/c26-21(28-13-15-7-3-1-4-8-15)24-11-17-19(12-24)27-14-18-20(22-23-25(17)18)16-9-5-2-6-10-16/h1-10,17,19H,11-14H2/t17-,19?/m1/s1. The minimum atomic E-state index is -0.327. The Labute approximate surface area is 162 Å². The first-order valence-corrected chi connectivity index (χ1v) is 9.36. The molecular formula is C21H20N4O3. The van der Waals surface area contributed by atoms with Crippen LogP contribution in [0.25, 0.3) is 11.3 Å². The fourth-order valence-electron chi connectivity index (χ4n) is 3.84. The van der Waals surface area contributed by atoms with Crippen LogP contribution >= 0.6 is 0 Å². The highest BCUT2D eigenvalue weighted by molar-refractivity contribution is 5.68. The minimum absolute atomic E-state index is 0.0435. The second-order valence-electron chi connectivity index (χ2n) is 7.06. The lowest BCUT2D eigenvalue weighted by molar-refractivity contribution is -0.00500. The monoisotopic (exact) mass is 376 g/mol. The SMILES string of the molecule is O=C(OCc1ccccc1)N1CC2OCc3c(-c4ccccc4)nnn3[C@@H]2C1. The van der Waals surface area contributed by atoms with Gasteiger partial charge in [0.05, 0.1) is 31.0 Å². The molecule has 1 unspecified atom stereocenters. The van der Waals surface area contributed by atoms with Crippen LogP contribution in [0, 0.1) is 0 Å². The van der Waals surface area contributed by atoms with Crippen LogP contribution in [0.1, 0.15) is 17.3 Å².